The molecule has 0 spiro atoms. The van der Waals surface area contributed by atoms with Gasteiger partial charge in [0.05, 0.1) is 13.2 Å². The van der Waals surface area contributed by atoms with Crippen molar-refractivity contribution in [3.8, 4) is 5.75 Å². The largest absolute Gasteiger partial charge is 0.496 e. The molecule has 2 N–H and O–H groups in total. The highest BCUT2D eigenvalue weighted by atomic mass is 16.5. The predicted octanol–water partition coefficient (Wildman–Crippen LogP) is 1.51. The van der Waals surface area contributed by atoms with Crippen molar-refractivity contribution in [1.29, 1.82) is 0 Å². The standard InChI is InChI=1S/C12H19NO2/c1-4-9-7-10(11(14)8-13-2)5-6-12(9)15-3/h5-7,11,13-14H,4,8H2,1-3H3. The molecule has 0 aliphatic rings. The van der Waals surface area contributed by atoms with Crippen LogP contribution in [0.5, 0.6) is 5.75 Å². The lowest BCUT2D eigenvalue weighted by atomic mass is 10.0. The Balaban J connectivity index is 2.92. The summed E-state index contributed by atoms with van der Waals surface area (Å²) in [4.78, 5) is 0. The van der Waals surface area contributed by atoms with E-state index in [1.54, 1.807) is 7.11 Å². The number of methoxy groups -OCH3 is 1. The lowest BCUT2D eigenvalue weighted by molar-refractivity contribution is 0.177. The lowest BCUT2D eigenvalue weighted by Gasteiger charge is -2.13. The maximum absolute atomic E-state index is 9.80. The fourth-order valence-corrected chi connectivity index (χ4v) is 1.59. The quantitative estimate of drug-likeness (QED) is 0.772. The van der Waals surface area contributed by atoms with Crippen molar-refractivity contribution in [2.75, 3.05) is 20.7 Å². The molecular formula is C12H19NO2. The number of likely N-dealkylation sites (N-methyl/N-ethyl adjacent to an activating group) is 1. The van der Waals surface area contributed by atoms with Crippen LogP contribution >= 0.6 is 0 Å². The first-order valence-corrected chi connectivity index (χ1v) is 5.22. The maximum Gasteiger partial charge on any atom is 0.122 e. The highest BCUT2D eigenvalue weighted by molar-refractivity contribution is 5.38. The number of hydrogen-bond donors (Lipinski definition) is 2. The Morgan fingerprint density at radius 1 is 1.47 bits per heavy atom. The van der Waals surface area contributed by atoms with Crippen LogP contribution < -0.4 is 10.1 Å². The molecule has 0 radical (unpaired) electrons. The minimum Gasteiger partial charge on any atom is -0.496 e. The third-order valence-corrected chi connectivity index (χ3v) is 2.47. The van der Waals surface area contributed by atoms with E-state index in [0.29, 0.717) is 6.54 Å². The number of aliphatic hydroxyl groups excluding tert-OH is 1. The summed E-state index contributed by atoms with van der Waals surface area (Å²) < 4.78 is 5.23. The van der Waals surface area contributed by atoms with Gasteiger partial charge in [0.15, 0.2) is 0 Å². The topological polar surface area (TPSA) is 41.5 Å². The van der Waals surface area contributed by atoms with Gasteiger partial charge in [0, 0.05) is 6.54 Å². The third kappa shape index (κ3) is 2.94. The number of aliphatic hydroxyl groups is 1. The minimum atomic E-state index is -0.453. The molecular weight excluding hydrogens is 190 g/mol. The van der Waals surface area contributed by atoms with E-state index in [1.807, 2.05) is 25.2 Å². The van der Waals surface area contributed by atoms with E-state index in [1.165, 1.54) is 0 Å². The molecule has 84 valence electrons. The SMILES string of the molecule is CCc1cc(C(O)CNC)ccc1OC. The Bertz CT molecular complexity index is 312. The summed E-state index contributed by atoms with van der Waals surface area (Å²) in [5.41, 5.74) is 2.06. The van der Waals surface area contributed by atoms with E-state index in [4.69, 9.17) is 4.74 Å². The second kappa shape index (κ2) is 5.73. The van der Waals surface area contributed by atoms with Crippen molar-refractivity contribution in [3.05, 3.63) is 29.3 Å². The Morgan fingerprint density at radius 2 is 2.20 bits per heavy atom. The van der Waals surface area contributed by atoms with Gasteiger partial charge < -0.3 is 15.2 Å². The van der Waals surface area contributed by atoms with Crippen LogP contribution in [0.1, 0.15) is 24.2 Å². The van der Waals surface area contributed by atoms with E-state index in [9.17, 15) is 5.11 Å². The molecule has 0 aromatic heterocycles. The van der Waals surface area contributed by atoms with E-state index in [2.05, 4.69) is 12.2 Å². The molecule has 3 nitrogen and oxygen atoms in total. The Kier molecular flexibility index (Phi) is 4.59. The molecule has 1 rings (SSSR count). The fraction of sp³-hybridized carbons (Fsp3) is 0.500. The molecule has 0 bridgehead atoms. The van der Waals surface area contributed by atoms with Crippen LogP contribution in [0, 0.1) is 0 Å². The van der Waals surface area contributed by atoms with Crippen LogP contribution in [0.4, 0.5) is 0 Å². The zero-order valence-electron chi connectivity index (χ0n) is 9.58. The number of hydrogen-bond acceptors (Lipinski definition) is 3. The average molecular weight is 209 g/mol. The van der Waals surface area contributed by atoms with Crippen molar-refractivity contribution in [3.63, 3.8) is 0 Å². The summed E-state index contributed by atoms with van der Waals surface area (Å²) in [6.07, 6.45) is 0.453. The van der Waals surface area contributed by atoms with Gasteiger partial charge in [-0.05, 0) is 36.7 Å². The van der Waals surface area contributed by atoms with E-state index in [-0.39, 0.29) is 0 Å². The van der Waals surface area contributed by atoms with Crippen LogP contribution in [-0.2, 0) is 6.42 Å². The molecule has 0 amide bonds. The number of benzene rings is 1. The van der Waals surface area contributed by atoms with Crippen molar-refractivity contribution in [2.45, 2.75) is 19.4 Å². The number of nitrogens with one attached hydrogen (secondary N) is 1. The molecule has 0 aliphatic heterocycles. The normalized spacial score (nSPS) is 12.5. The van der Waals surface area contributed by atoms with E-state index in [0.717, 1.165) is 23.3 Å². The molecule has 1 aromatic carbocycles. The highest BCUT2D eigenvalue weighted by Crippen LogP contribution is 2.23. The highest BCUT2D eigenvalue weighted by Gasteiger charge is 2.09. The molecule has 3 heteroatoms. The average Bonchev–Trinajstić information content (AvgIpc) is 2.28. The van der Waals surface area contributed by atoms with Crippen molar-refractivity contribution >= 4 is 0 Å². The summed E-state index contributed by atoms with van der Waals surface area (Å²) in [6.45, 7) is 2.64. The fourth-order valence-electron chi connectivity index (χ4n) is 1.59. The number of aryl methyl sites for hydroxylation is 1. The molecule has 0 saturated heterocycles. The summed E-state index contributed by atoms with van der Waals surface area (Å²) in [5, 5.41) is 12.8. The molecule has 0 heterocycles. The lowest BCUT2D eigenvalue weighted by Crippen LogP contribution is -2.16. The minimum absolute atomic E-state index is 0.453. The van der Waals surface area contributed by atoms with Crippen LogP contribution in [0.25, 0.3) is 0 Å². The third-order valence-electron chi connectivity index (χ3n) is 2.47. The summed E-state index contributed by atoms with van der Waals surface area (Å²) in [7, 11) is 3.49. The molecule has 1 aromatic rings. The summed E-state index contributed by atoms with van der Waals surface area (Å²) >= 11 is 0. The van der Waals surface area contributed by atoms with Gasteiger partial charge in [-0.2, -0.15) is 0 Å². The Labute approximate surface area is 91.1 Å². The van der Waals surface area contributed by atoms with Crippen molar-refractivity contribution in [1.82, 2.24) is 5.32 Å². The Morgan fingerprint density at radius 3 is 2.73 bits per heavy atom. The summed E-state index contributed by atoms with van der Waals surface area (Å²) in [6, 6.07) is 5.81. The summed E-state index contributed by atoms with van der Waals surface area (Å²) in [5.74, 6) is 0.887. The predicted molar refractivity (Wildman–Crippen MR) is 61.3 cm³/mol. The second-order valence-corrected chi connectivity index (χ2v) is 3.50. The van der Waals surface area contributed by atoms with Crippen molar-refractivity contribution in [2.24, 2.45) is 0 Å². The van der Waals surface area contributed by atoms with Crippen LogP contribution in [-0.4, -0.2) is 25.8 Å². The van der Waals surface area contributed by atoms with E-state index >= 15 is 0 Å². The van der Waals surface area contributed by atoms with Gasteiger partial charge in [0.2, 0.25) is 0 Å². The zero-order chi connectivity index (χ0) is 11.3. The molecule has 0 fully saturated rings. The van der Waals surface area contributed by atoms with Crippen LogP contribution in [0.15, 0.2) is 18.2 Å². The number of rotatable bonds is 5. The first-order valence-electron chi connectivity index (χ1n) is 5.22. The van der Waals surface area contributed by atoms with Gasteiger partial charge in [-0.3, -0.25) is 0 Å². The second-order valence-electron chi connectivity index (χ2n) is 3.50. The first kappa shape index (κ1) is 12.0. The molecule has 1 atom stereocenters. The smallest absolute Gasteiger partial charge is 0.122 e. The molecule has 0 saturated carbocycles. The van der Waals surface area contributed by atoms with Crippen LogP contribution in [0.3, 0.4) is 0 Å². The van der Waals surface area contributed by atoms with Gasteiger partial charge in [-0.25, -0.2) is 0 Å². The zero-order valence-corrected chi connectivity index (χ0v) is 9.58. The van der Waals surface area contributed by atoms with Crippen LogP contribution in [0.2, 0.25) is 0 Å². The first-order chi connectivity index (χ1) is 7.22. The Hall–Kier alpha value is -1.06. The van der Waals surface area contributed by atoms with Gasteiger partial charge in [0.1, 0.15) is 5.75 Å². The van der Waals surface area contributed by atoms with Gasteiger partial charge >= 0.3 is 0 Å². The van der Waals surface area contributed by atoms with Gasteiger partial charge in [0.25, 0.3) is 0 Å². The maximum atomic E-state index is 9.80. The van der Waals surface area contributed by atoms with Gasteiger partial charge in [-0.15, -0.1) is 0 Å². The van der Waals surface area contributed by atoms with Crippen molar-refractivity contribution < 1.29 is 9.84 Å². The molecule has 0 aliphatic carbocycles. The van der Waals surface area contributed by atoms with E-state index < -0.39 is 6.10 Å². The molecule has 15 heavy (non-hydrogen) atoms. The number of ether oxygens (including phenoxy) is 1. The molecule has 1 unspecified atom stereocenters. The monoisotopic (exact) mass is 209 g/mol. The van der Waals surface area contributed by atoms with Gasteiger partial charge in [-0.1, -0.05) is 13.0 Å².